The zero-order valence-electron chi connectivity index (χ0n) is 16.8. The molecule has 0 bridgehead atoms. The van der Waals surface area contributed by atoms with Crippen molar-refractivity contribution in [2.45, 2.75) is 38.8 Å². The third-order valence-corrected chi connectivity index (χ3v) is 5.33. The highest BCUT2D eigenvalue weighted by atomic mass is 35.5. The topological polar surface area (TPSA) is 79.8 Å². The van der Waals surface area contributed by atoms with Crippen LogP contribution in [0.1, 0.15) is 32.7 Å². The number of aromatic amines is 1. The fourth-order valence-electron chi connectivity index (χ4n) is 3.32. The summed E-state index contributed by atoms with van der Waals surface area (Å²) in [6.45, 7) is 4.83. The second kappa shape index (κ2) is 9.97. The molecule has 3 N–H and O–H groups in total. The molecule has 0 radical (unpaired) electrons. The number of halogens is 1. The first-order valence-electron chi connectivity index (χ1n) is 9.30. The van der Waals surface area contributed by atoms with Crippen LogP contribution in [-0.2, 0) is 4.74 Å². The Bertz CT molecular complexity index is 942. The summed E-state index contributed by atoms with van der Waals surface area (Å²) >= 11 is 6.32. The molecule has 3 heterocycles. The van der Waals surface area contributed by atoms with Crippen LogP contribution in [0.15, 0.2) is 24.5 Å². The lowest BCUT2D eigenvalue weighted by atomic mass is 10.2. The highest BCUT2D eigenvalue weighted by molar-refractivity contribution is 7.59. The molecular formula is C19H29ClN6OS2. The van der Waals surface area contributed by atoms with E-state index < -0.39 is 0 Å². The second-order valence-electron chi connectivity index (χ2n) is 7.31. The summed E-state index contributed by atoms with van der Waals surface area (Å²) < 4.78 is 6.99. The number of rotatable bonds is 8. The molecule has 3 aromatic rings. The highest BCUT2D eigenvalue weighted by Gasteiger charge is 2.28. The number of pyridine rings is 1. The van der Waals surface area contributed by atoms with E-state index in [-0.39, 0.29) is 33.0 Å². The highest BCUT2D eigenvalue weighted by Crippen LogP contribution is 2.36. The molecule has 0 aliphatic heterocycles. The van der Waals surface area contributed by atoms with E-state index in [2.05, 4.69) is 32.6 Å². The molecule has 1 aliphatic carbocycles. The van der Waals surface area contributed by atoms with Crippen molar-refractivity contribution < 1.29 is 4.74 Å². The number of fused-ring (bicyclic) bond motifs is 1. The van der Waals surface area contributed by atoms with Crippen molar-refractivity contribution in [3.05, 3.63) is 29.7 Å². The van der Waals surface area contributed by atoms with Gasteiger partial charge in [0.15, 0.2) is 5.15 Å². The minimum Gasteiger partial charge on any atom is -0.382 e. The predicted molar refractivity (Wildman–Crippen MR) is 130 cm³/mol. The smallest absolute Gasteiger partial charge is 0.174 e. The number of H-pyrrole nitrogens is 1. The maximum absolute atomic E-state index is 6.32. The number of hydrogen-bond donors (Lipinski definition) is 3. The number of anilines is 3. The third-order valence-electron chi connectivity index (χ3n) is 5.05. The molecule has 29 heavy (non-hydrogen) atoms. The Hall–Kier alpha value is -1.55. The number of ether oxygens (including phenoxy) is 1. The van der Waals surface area contributed by atoms with Gasteiger partial charge in [0.1, 0.15) is 11.5 Å². The monoisotopic (exact) mass is 456 g/mol. The molecule has 1 aliphatic rings. The van der Waals surface area contributed by atoms with Crippen LogP contribution in [0.2, 0.25) is 5.15 Å². The van der Waals surface area contributed by atoms with Crippen molar-refractivity contribution in [2.75, 3.05) is 24.4 Å². The normalized spacial score (nSPS) is 15.3. The van der Waals surface area contributed by atoms with Gasteiger partial charge >= 0.3 is 0 Å². The van der Waals surface area contributed by atoms with Gasteiger partial charge in [0.2, 0.25) is 0 Å². The molecule has 0 aromatic carbocycles. The molecule has 2 atom stereocenters. The van der Waals surface area contributed by atoms with Gasteiger partial charge in [-0.3, -0.25) is 4.68 Å². The standard InChI is InChI=1S/C19H25ClN6O.2H2S/c1-11(10-27-3)26-9-16(18(20)25-26)23-17-8-15(22-12(2)13-4-5-13)14-6-7-21-19(14)24-17;;/h6-9,11-13H,4-5,10H2,1-3H3,(H3,21,22,23,24);2*1H2/t11-,12-;;/m0../s1. The Morgan fingerprint density at radius 2 is 2.07 bits per heavy atom. The lowest BCUT2D eigenvalue weighted by Crippen LogP contribution is -2.17. The molecule has 0 amide bonds. The van der Waals surface area contributed by atoms with Crippen LogP contribution in [0.3, 0.4) is 0 Å². The summed E-state index contributed by atoms with van der Waals surface area (Å²) in [6, 6.07) is 4.62. The first kappa shape index (κ1) is 23.7. The molecule has 1 saturated carbocycles. The minimum atomic E-state index is 0. The Kier molecular flexibility index (Phi) is 8.16. The van der Waals surface area contributed by atoms with Crippen LogP contribution in [0.5, 0.6) is 0 Å². The molecule has 1 fully saturated rings. The average Bonchev–Trinajstić information content (AvgIpc) is 3.28. The Morgan fingerprint density at radius 3 is 2.76 bits per heavy atom. The first-order chi connectivity index (χ1) is 13.0. The van der Waals surface area contributed by atoms with Gasteiger partial charge in [-0.1, -0.05) is 11.6 Å². The quantitative estimate of drug-likeness (QED) is 0.453. The van der Waals surface area contributed by atoms with Crippen LogP contribution in [0, 0.1) is 5.92 Å². The van der Waals surface area contributed by atoms with Crippen molar-refractivity contribution in [3.63, 3.8) is 0 Å². The molecule has 160 valence electrons. The van der Waals surface area contributed by atoms with Gasteiger partial charge < -0.3 is 20.4 Å². The summed E-state index contributed by atoms with van der Waals surface area (Å²) in [6.07, 6.45) is 6.39. The molecule has 7 nitrogen and oxygen atoms in total. The van der Waals surface area contributed by atoms with E-state index in [0.717, 1.165) is 34.1 Å². The maximum Gasteiger partial charge on any atom is 0.174 e. The molecular weight excluding hydrogens is 428 g/mol. The van der Waals surface area contributed by atoms with Crippen LogP contribution >= 0.6 is 38.6 Å². The number of nitrogens with one attached hydrogen (secondary N) is 3. The average molecular weight is 457 g/mol. The van der Waals surface area contributed by atoms with Crippen molar-refractivity contribution in [2.24, 2.45) is 5.92 Å². The largest absolute Gasteiger partial charge is 0.382 e. The van der Waals surface area contributed by atoms with E-state index in [1.54, 1.807) is 11.8 Å². The third kappa shape index (κ3) is 5.33. The van der Waals surface area contributed by atoms with E-state index in [1.807, 2.05) is 31.5 Å². The second-order valence-corrected chi connectivity index (χ2v) is 7.67. The van der Waals surface area contributed by atoms with Crippen molar-refractivity contribution >= 4 is 66.8 Å². The number of aromatic nitrogens is 4. The minimum absolute atomic E-state index is 0. The Balaban J connectivity index is 0.00000150. The van der Waals surface area contributed by atoms with Crippen LogP contribution < -0.4 is 10.6 Å². The van der Waals surface area contributed by atoms with Crippen LogP contribution in [0.25, 0.3) is 11.0 Å². The predicted octanol–water partition coefficient (Wildman–Crippen LogP) is 4.80. The van der Waals surface area contributed by atoms with Gasteiger partial charge in [-0.25, -0.2) is 4.98 Å². The van der Waals surface area contributed by atoms with Gasteiger partial charge in [-0.15, -0.1) is 0 Å². The van der Waals surface area contributed by atoms with E-state index >= 15 is 0 Å². The van der Waals surface area contributed by atoms with E-state index in [0.29, 0.717) is 17.8 Å². The summed E-state index contributed by atoms with van der Waals surface area (Å²) in [5.41, 5.74) is 2.63. The molecule has 0 spiro atoms. The lowest BCUT2D eigenvalue weighted by molar-refractivity contribution is 0.157. The first-order valence-corrected chi connectivity index (χ1v) is 9.68. The summed E-state index contributed by atoms with van der Waals surface area (Å²) in [4.78, 5) is 7.86. The van der Waals surface area contributed by atoms with Gasteiger partial charge in [0.05, 0.1) is 24.5 Å². The molecule has 3 aromatic heterocycles. The van der Waals surface area contributed by atoms with Gasteiger partial charge in [-0.2, -0.15) is 32.1 Å². The SMILES string of the molecule is COC[C@H](C)n1cc(Nc2cc(N[C@@H](C)C3CC3)c3cc[nH]c3n2)c(Cl)n1.S.S. The molecule has 4 rings (SSSR count). The van der Waals surface area contributed by atoms with Crippen molar-refractivity contribution in [3.8, 4) is 0 Å². The van der Waals surface area contributed by atoms with E-state index in [1.165, 1.54) is 12.8 Å². The number of methoxy groups -OCH3 is 1. The summed E-state index contributed by atoms with van der Waals surface area (Å²) in [5.74, 6) is 1.48. The molecule has 0 unspecified atom stereocenters. The van der Waals surface area contributed by atoms with Crippen LogP contribution in [0.4, 0.5) is 17.2 Å². The lowest BCUT2D eigenvalue weighted by Gasteiger charge is -2.16. The zero-order valence-corrected chi connectivity index (χ0v) is 19.5. The Morgan fingerprint density at radius 1 is 1.31 bits per heavy atom. The molecule has 10 heteroatoms. The molecule has 0 saturated heterocycles. The number of nitrogens with zero attached hydrogens (tertiary/aromatic N) is 3. The Labute approximate surface area is 189 Å². The number of hydrogen-bond acceptors (Lipinski definition) is 5. The fourth-order valence-corrected chi connectivity index (χ4v) is 3.50. The van der Waals surface area contributed by atoms with Gasteiger partial charge in [0.25, 0.3) is 0 Å². The summed E-state index contributed by atoms with van der Waals surface area (Å²) in [5, 5.41) is 12.8. The van der Waals surface area contributed by atoms with Gasteiger partial charge in [0, 0.05) is 36.5 Å². The van der Waals surface area contributed by atoms with E-state index in [9.17, 15) is 0 Å². The van der Waals surface area contributed by atoms with Crippen molar-refractivity contribution in [1.82, 2.24) is 19.7 Å². The van der Waals surface area contributed by atoms with Crippen molar-refractivity contribution in [1.29, 1.82) is 0 Å². The van der Waals surface area contributed by atoms with Crippen LogP contribution in [-0.4, -0.2) is 39.5 Å². The van der Waals surface area contributed by atoms with Gasteiger partial charge in [-0.05, 0) is 38.7 Å². The summed E-state index contributed by atoms with van der Waals surface area (Å²) in [7, 11) is 1.67. The van der Waals surface area contributed by atoms with E-state index in [4.69, 9.17) is 16.3 Å². The maximum atomic E-state index is 6.32. The zero-order chi connectivity index (χ0) is 19.0. The fraction of sp³-hybridized carbons (Fsp3) is 0.474.